The quantitative estimate of drug-likeness (QED) is 0.778. The third-order valence-electron chi connectivity index (χ3n) is 2.33. The van der Waals surface area contributed by atoms with Gasteiger partial charge in [-0.2, -0.15) is 14.8 Å². The maximum atomic E-state index is 12.3. The van der Waals surface area contributed by atoms with Crippen molar-refractivity contribution in [2.24, 2.45) is 0 Å². The lowest BCUT2D eigenvalue weighted by atomic mass is 10.4. The molecule has 1 rings (SSSR count). The molecule has 0 saturated carbocycles. The van der Waals surface area contributed by atoms with E-state index in [1.807, 2.05) is 12.1 Å². The Morgan fingerprint density at radius 1 is 1.00 bits per heavy atom. The second kappa shape index (κ2) is 6.75. The zero-order valence-corrected chi connectivity index (χ0v) is 10.6. The number of nitrogens with zero attached hydrogens (tertiary/aromatic N) is 3. The van der Waals surface area contributed by atoms with E-state index in [9.17, 15) is 8.42 Å². The molecule has 0 aliphatic heterocycles. The summed E-state index contributed by atoms with van der Waals surface area (Å²) in [5.41, 5.74) is 0. The van der Waals surface area contributed by atoms with E-state index >= 15 is 0 Å². The van der Waals surface area contributed by atoms with Crippen LogP contribution in [-0.4, -0.2) is 25.8 Å². The Hall–Kier alpha value is -1.89. The lowest BCUT2D eigenvalue weighted by Crippen LogP contribution is -2.32. The Kier molecular flexibility index (Phi) is 5.31. The van der Waals surface area contributed by atoms with Crippen LogP contribution in [0.2, 0.25) is 0 Å². The molecule has 0 aliphatic rings. The first kappa shape index (κ1) is 14.2. The molecule has 5 nitrogen and oxygen atoms in total. The van der Waals surface area contributed by atoms with E-state index in [0.717, 1.165) is 0 Å². The monoisotopic (exact) mass is 263 g/mol. The van der Waals surface area contributed by atoms with Gasteiger partial charge in [0.05, 0.1) is 17.0 Å². The third kappa shape index (κ3) is 3.56. The summed E-state index contributed by atoms with van der Waals surface area (Å²) in [6, 6.07) is 11.8. The molecule has 0 heterocycles. The number of nitriles is 2. The summed E-state index contributed by atoms with van der Waals surface area (Å²) < 4.78 is 25.7. The second-order valence-electron chi connectivity index (χ2n) is 3.53. The van der Waals surface area contributed by atoms with Crippen LogP contribution >= 0.6 is 0 Å². The van der Waals surface area contributed by atoms with Gasteiger partial charge in [0.2, 0.25) is 10.0 Å². The Bertz CT molecular complexity index is 537. The molecule has 0 radical (unpaired) electrons. The normalized spacial score (nSPS) is 10.8. The van der Waals surface area contributed by atoms with E-state index in [1.165, 1.54) is 16.4 Å². The molecule has 0 spiro atoms. The van der Waals surface area contributed by atoms with Crippen LogP contribution in [0.25, 0.3) is 0 Å². The third-order valence-corrected chi connectivity index (χ3v) is 4.24. The van der Waals surface area contributed by atoms with Gasteiger partial charge in [0, 0.05) is 25.9 Å². The van der Waals surface area contributed by atoms with Crippen molar-refractivity contribution in [1.82, 2.24) is 4.31 Å². The highest BCUT2D eigenvalue weighted by Crippen LogP contribution is 2.15. The summed E-state index contributed by atoms with van der Waals surface area (Å²) >= 11 is 0. The van der Waals surface area contributed by atoms with Crippen molar-refractivity contribution in [1.29, 1.82) is 10.5 Å². The fourth-order valence-electron chi connectivity index (χ4n) is 1.44. The summed E-state index contributed by atoms with van der Waals surface area (Å²) in [6.45, 7) is 0.213. The van der Waals surface area contributed by atoms with Crippen LogP contribution in [-0.2, 0) is 10.0 Å². The molecule has 0 atom stereocenters. The fourth-order valence-corrected chi connectivity index (χ4v) is 2.91. The van der Waals surface area contributed by atoms with Crippen molar-refractivity contribution >= 4 is 10.0 Å². The van der Waals surface area contributed by atoms with Crippen LogP contribution in [0, 0.1) is 22.7 Å². The first-order valence-electron chi connectivity index (χ1n) is 5.42. The minimum absolute atomic E-state index is 0.107. The highest BCUT2D eigenvalue weighted by molar-refractivity contribution is 7.89. The minimum atomic E-state index is -3.61. The summed E-state index contributed by atoms with van der Waals surface area (Å²) in [5.74, 6) is 0. The summed E-state index contributed by atoms with van der Waals surface area (Å²) in [7, 11) is -3.61. The van der Waals surface area contributed by atoms with Crippen LogP contribution in [0.5, 0.6) is 0 Å². The van der Waals surface area contributed by atoms with Gasteiger partial charge in [-0.1, -0.05) is 18.2 Å². The number of hydrogen-bond acceptors (Lipinski definition) is 4. The first-order chi connectivity index (χ1) is 8.62. The standard InChI is InChI=1S/C12H13N3O2S/c13-8-4-10-15(11-5-9-14)18(16,17)12-6-2-1-3-7-12/h1-3,6-7H,4-5,10-11H2. The molecule has 0 saturated heterocycles. The Labute approximate surface area is 107 Å². The van der Waals surface area contributed by atoms with Gasteiger partial charge >= 0.3 is 0 Å². The Morgan fingerprint density at radius 3 is 1.94 bits per heavy atom. The number of benzene rings is 1. The van der Waals surface area contributed by atoms with Gasteiger partial charge in [-0.15, -0.1) is 0 Å². The molecular formula is C12H13N3O2S. The van der Waals surface area contributed by atoms with Crippen molar-refractivity contribution in [3.8, 4) is 12.1 Å². The van der Waals surface area contributed by atoms with Crippen molar-refractivity contribution < 1.29 is 8.42 Å². The van der Waals surface area contributed by atoms with Crippen LogP contribution in [0.15, 0.2) is 35.2 Å². The van der Waals surface area contributed by atoms with Crippen molar-refractivity contribution in [2.45, 2.75) is 17.7 Å². The molecule has 0 unspecified atom stereocenters. The van der Waals surface area contributed by atoms with Crippen LogP contribution in [0.4, 0.5) is 0 Å². The van der Waals surface area contributed by atoms with Crippen molar-refractivity contribution in [2.75, 3.05) is 13.1 Å². The lowest BCUT2D eigenvalue weighted by Gasteiger charge is -2.19. The maximum Gasteiger partial charge on any atom is 0.243 e. The molecule has 94 valence electrons. The predicted octanol–water partition coefficient (Wildman–Crippen LogP) is 1.50. The molecule has 0 bridgehead atoms. The summed E-state index contributed by atoms with van der Waals surface area (Å²) in [4.78, 5) is 0.181. The van der Waals surface area contributed by atoms with E-state index in [0.29, 0.717) is 0 Å². The van der Waals surface area contributed by atoms with Gasteiger partial charge in [-0.25, -0.2) is 8.42 Å². The van der Waals surface area contributed by atoms with Gasteiger partial charge in [0.25, 0.3) is 0 Å². The molecule has 0 aliphatic carbocycles. The summed E-state index contributed by atoms with van der Waals surface area (Å²) in [6.07, 6.45) is 0.217. The highest BCUT2D eigenvalue weighted by Gasteiger charge is 2.23. The molecule has 18 heavy (non-hydrogen) atoms. The van der Waals surface area contributed by atoms with E-state index in [4.69, 9.17) is 10.5 Å². The zero-order chi connectivity index (χ0) is 13.4. The van der Waals surface area contributed by atoms with Crippen molar-refractivity contribution in [3.05, 3.63) is 30.3 Å². The molecule has 0 aromatic heterocycles. The largest absolute Gasteiger partial charge is 0.243 e. The lowest BCUT2D eigenvalue weighted by molar-refractivity contribution is 0.425. The van der Waals surface area contributed by atoms with Gasteiger partial charge in [0.1, 0.15) is 0 Å². The number of sulfonamides is 1. The van der Waals surface area contributed by atoms with Crippen LogP contribution in [0.3, 0.4) is 0 Å². The fraction of sp³-hybridized carbons (Fsp3) is 0.333. The second-order valence-corrected chi connectivity index (χ2v) is 5.47. The average Bonchev–Trinajstić information content (AvgIpc) is 2.39. The van der Waals surface area contributed by atoms with E-state index in [2.05, 4.69) is 0 Å². The molecule has 6 heteroatoms. The summed E-state index contributed by atoms with van der Waals surface area (Å²) in [5, 5.41) is 17.1. The molecular weight excluding hydrogens is 250 g/mol. The molecule has 1 aromatic rings. The van der Waals surface area contributed by atoms with E-state index in [-0.39, 0.29) is 30.8 Å². The minimum Gasteiger partial charge on any atom is -0.207 e. The van der Waals surface area contributed by atoms with Crippen LogP contribution < -0.4 is 0 Å². The van der Waals surface area contributed by atoms with E-state index in [1.54, 1.807) is 18.2 Å². The first-order valence-corrected chi connectivity index (χ1v) is 6.86. The van der Waals surface area contributed by atoms with Gasteiger partial charge < -0.3 is 0 Å². The molecule has 0 fully saturated rings. The molecule has 0 N–H and O–H groups in total. The average molecular weight is 263 g/mol. The number of rotatable bonds is 6. The zero-order valence-electron chi connectivity index (χ0n) is 9.78. The SMILES string of the molecule is N#CCCN(CCC#N)S(=O)(=O)c1ccccc1. The highest BCUT2D eigenvalue weighted by atomic mass is 32.2. The number of hydrogen-bond donors (Lipinski definition) is 0. The maximum absolute atomic E-state index is 12.3. The Morgan fingerprint density at radius 2 is 1.50 bits per heavy atom. The van der Waals surface area contributed by atoms with Gasteiger partial charge in [-0.3, -0.25) is 0 Å². The molecule has 0 amide bonds. The van der Waals surface area contributed by atoms with Gasteiger partial charge in [0.15, 0.2) is 0 Å². The molecule has 1 aromatic carbocycles. The topological polar surface area (TPSA) is 85.0 Å². The van der Waals surface area contributed by atoms with E-state index < -0.39 is 10.0 Å². The predicted molar refractivity (Wildman–Crippen MR) is 65.7 cm³/mol. The Balaban J connectivity index is 2.97. The smallest absolute Gasteiger partial charge is 0.207 e. The van der Waals surface area contributed by atoms with Crippen LogP contribution in [0.1, 0.15) is 12.8 Å². The van der Waals surface area contributed by atoms with Crippen molar-refractivity contribution in [3.63, 3.8) is 0 Å². The van der Waals surface area contributed by atoms with Gasteiger partial charge in [-0.05, 0) is 12.1 Å².